The molecule has 0 amide bonds. The maximum absolute atomic E-state index is 6.24. The van der Waals surface area contributed by atoms with Crippen molar-refractivity contribution in [1.29, 1.82) is 0 Å². The van der Waals surface area contributed by atoms with Crippen molar-refractivity contribution >= 4 is 12.4 Å². The normalized spacial score (nSPS) is 22.8. The van der Waals surface area contributed by atoms with E-state index in [1.165, 1.54) is 5.56 Å². The molecule has 6 heteroatoms. The van der Waals surface area contributed by atoms with Crippen LogP contribution in [-0.4, -0.2) is 16.7 Å². The minimum Gasteiger partial charge on any atom is -0.363 e. The van der Waals surface area contributed by atoms with Gasteiger partial charge in [-0.25, -0.2) is 0 Å². The zero-order valence-corrected chi connectivity index (χ0v) is 12.4. The first-order valence-electron chi connectivity index (χ1n) is 7.09. The molecule has 1 aliphatic carbocycles. The monoisotopic (exact) mass is 307 g/mol. The summed E-state index contributed by atoms with van der Waals surface area (Å²) in [5, 5.41) is 4.07. The lowest BCUT2D eigenvalue weighted by molar-refractivity contribution is 0.0475. The molecule has 5 nitrogen and oxygen atoms in total. The van der Waals surface area contributed by atoms with E-state index in [9.17, 15) is 0 Å². The fourth-order valence-electron chi connectivity index (χ4n) is 2.92. The Bertz CT molecular complexity index is 639. The predicted octanol–water partition coefficient (Wildman–Crippen LogP) is 2.49. The summed E-state index contributed by atoms with van der Waals surface area (Å²) in [6, 6.07) is 8.24. The van der Waals surface area contributed by atoms with Crippen LogP contribution in [-0.2, 0) is 16.7 Å². The summed E-state index contributed by atoms with van der Waals surface area (Å²) in [5.74, 6) is 1.13. The summed E-state index contributed by atoms with van der Waals surface area (Å²) in [5.41, 5.74) is 8.25. The number of halogens is 1. The predicted molar refractivity (Wildman–Crippen MR) is 79.2 cm³/mol. The summed E-state index contributed by atoms with van der Waals surface area (Å²) < 4.78 is 11.2. The van der Waals surface area contributed by atoms with Crippen LogP contribution in [0, 0.1) is 0 Å². The van der Waals surface area contributed by atoms with Gasteiger partial charge in [-0.2, -0.15) is 4.98 Å². The minimum absolute atomic E-state index is 0. The minimum atomic E-state index is -0.393. The van der Waals surface area contributed by atoms with Gasteiger partial charge < -0.3 is 15.0 Å². The van der Waals surface area contributed by atoms with Crippen LogP contribution in [0.2, 0.25) is 0 Å². The van der Waals surface area contributed by atoms with E-state index in [2.05, 4.69) is 22.3 Å². The zero-order valence-electron chi connectivity index (χ0n) is 11.6. The van der Waals surface area contributed by atoms with Gasteiger partial charge in [-0.1, -0.05) is 29.4 Å². The van der Waals surface area contributed by atoms with Crippen LogP contribution >= 0.6 is 12.4 Å². The first-order valence-corrected chi connectivity index (χ1v) is 7.09. The third-order valence-electron chi connectivity index (χ3n) is 4.35. The van der Waals surface area contributed by atoms with Crippen LogP contribution < -0.4 is 5.73 Å². The SMILES string of the molecule is Cl.NC1(c2noc(C3OCCc4ccccc43)n2)CCC1. The third-order valence-corrected chi connectivity index (χ3v) is 4.35. The summed E-state index contributed by atoms with van der Waals surface area (Å²) >= 11 is 0. The molecule has 1 saturated carbocycles. The number of hydrogen-bond acceptors (Lipinski definition) is 5. The number of fused-ring (bicyclic) bond motifs is 1. The molecule has 2 aliphatic rings. The highest BCUT2D eigenvalue weighted by molar-refractivity contribution is 5.85. The molecule has 0 radical (unpaired) electrons. The molecule has 1 aliphatic heterocycles. The molecule has 1 fully saturated rings. The molecule has 1 aromatic carbocycles. The maximum Gasteiger partial charge on any atom is 0.260 e. The van der Waals surface area contributed by atoms with Crippen molar-refractivity contribution in [3.05, 3.63) is 47.1 Å². The van der Waals surface area contributed by atoms with Gasteiger partial charge in [0.25, 0.3) is 5.89 Å². The van der Waals surface area contributed by atoms with Crippen molar-refractivity contribution in [1.82, 2.24) is 10.1 Å². The molecule has 1 atom stereocenters. The smallest absolute Gasteiger partial charge is 0.260 e. The Balaban J connectivity index is 0.00000132. The lowest BCUT2D eigenvalue weighted by Crippen LogP contribution is -2.44. The standard InChI is InChI=1S/C15H17N3O2.ClH/c16-15(7-3-8-15)14-17-13(20-18-14)12-11-5-2-1-4-10(11)6-9-19-12;/h1-2,4-5,12H,3,6-9,16H2;1H. The molecule has 1 unspecified atom stereocenters. The molecule has 2 aromatic rings. The third kappa shape index (κ3) is 2.35. The number of ether oxygens (including phenoxy) is 1. The Morgan fingerprint density at radius 3 is 2.81 bits per heavy atom. The van der Waals surface area contributed by atoms with Crippen molar-refractivity contribution in [2.45, 2.75) is 37.3 Å². The molecule has 0 saturated heterocycles. The van der Waals surface area contributed by atoms with Crippen molar-refractivity contribution < 1.29 is 9.26 Å². The van der Waals surface area contributed by atoms with E-state index in [1.807, 2.05) is 12.1 Å². The fraction of sp³-hybridized carbons (Fsp3) is 0.467. The van der Waals surface area contributed by atoms with E-state index in [0.717, 1.165) is 31.2 Å². The van der Waals surface area contributed by atoms with Gasteiger partial charge in [0.05, 0.1) is 12.1 Å². The number of rotatable bonds is 2. The number of aromatic nitrogens is 2. The van der Waals surface area contributed by atoms with Crippen LogP contribution in [0.5, 0.6) is 0 Å². The summed E-state index contributed by atoms with van der Waals surface area (Å²) in [4.78, 5) is 4.50. The van der Waals surface area contributed by atoms with E-state index < -0.39 is 5.54 Å². The lowest BCUT2D eigenvalue weighted by Gasteiger charge is -2.34. The van der Waals surface area contributed by atoms with Gasteiger partial charge in [-0.05, 0) is 36.8 Å². The Morgan fingerprint density at radius 2 is 2.05 bits per heavy atom. The van der Waals surface area contributed by atoms with E-state index in [1.54, 1.807) is 0 Å². The molecule has 4 rings (SSSR count). The lowest BCUT2D eigenvalue weighted by atomic mass is 9.77. The first kappa shape index (κ1) is 14.5. The van der Waals surface area contributed by atoms with Gasteiger partial charge in [-0.3, -0.25) is 0 Å². The molecule has 2 heterocycles. The highest BCUT2D eigenvalue weighted by Gasteiger charge is 2.40. The van der Waals surface area contributed by atoms with Crippen LogP contribution in [0.1, 0.15) is 48.2 Å². The summed E-state index contributed by atoms with van der Waals surface area (Å²) in [7, 11) is 0. The number of nitrogens with zero attached hydrogens (tertiary/aromatic N) is 2. The first-order chi connectivity index (χ1) is 9.76. The highest BCUT2D eigenvalue weighted by Crippen LogP contribution is 2.38. The van der Waals surface area contributed by atoms with Gasteiger partial charge in [0.2, 0.25) is 0 Å². The summed E-state index contributed by atoms with van der Waals surface area (Å²) in [6.45, 7) is 0.674. The molecular formula is C15H18ClN3O2. The van der Waals surface area contributed by atoms with Gasteiger partial charge in [-0.15, -0.1) is 12.4 Å². The van der Waals surface area contributed by atoms with E-state index in [-0.39, 0.29) is 18.5 Å². The average Bonchev–Trinajstić information content (AvgIpc) is 2.94. The topological polar surface area (TPSA) is 74.2 Å². The maximum atomic E-state index is 6.24. The molecular weight excluding hydrogens is 290 g/mol. The largest absolute Gasteiger partial charge is 0.363 e. The number of benzene rings is 1. The molecule has 2 N–H and O–H groups in total. The summed E-state index contributed by atoms with van der Waals surface area (Å²) in [6.07, 6.45) is 3.64. The zero-order chi connectivity index (χ0) is 13.6. The number of hydrogen-bond donors (Lipinski definition) is 1. The second-order valence-corrected chi connectivity index (χ2v) is 5.67. The van der Waals surface area contributed by atoms with Crippen molar-refractivity contribution in [3.8, 4) is 0 Å². The Morgan fingerprint density at radius 1 is 1.24 bits per heavy atom. The molecule has 21 heavy (non-hydrogen) atoms. The van der Waals surface area contributed by atoms with Crippen LogP contribution in [0.4, 0.5) is 0 Å². The van der Waals surface area contributed by atoms with Gasteiger partial charge in [0.1, 0.15) is 0 Å². The van der Waals surface area contributed by atoms with Crippen LogP contribution in [0.3, 0.4) is 0 Å². The fourth-order valence-corrected chi connectivity index (χ4v) is 2.92. The van der Waals surface area contributed by atoms with E-state index in [0.29, 0.717) is 18.3 Å². The molecule has 0 bridgehead atoms. The molecule has 112 valence electrons. The van der Waals surface area contributed by atoms with E-state index in [4.69, 9.17) is 15.0 Å². The molecule has 1 aromatic heterocycles. The average molecular weight is 308 g/mol. The Hall–Kier alpha value is -1.43. The number of nitrogens with two attached hydrogens (primary N) is 1. The molecule has 0 spiro atoms. The van der Waals surface area contributed by atoms with Gasteiger partial charge >= 0.3 is 0 Å². The van der Waals surface area contributed by atoms with Crippen molar-refractivity contribution in [3.63, 3.8) is 0 Å². The van der Waals surface area contributed by atoms with E-state index >= 15 is 0 Å². The van der Waals surface area contributed by atoms with Crippen LogP contribution in [0.15, 0.2) is 28.8 Å². The van der Waals surface area contributed by atoms with Crippen molar-refractivity contribution in [2.75, 3.05) is 6.61 Å². The highest BCUT2D eigenvalue weighted by atomic mass is 35.5. The Labute approximate surface area is 129 Å². The van der Waals surface area contributed by atoms with Gasteiger partial charge in [0.15, 0.2) is 11.9 Å². The Kier molecular flexibility index (Phi) is 3.73. The second-order valence-electron chi connectivity index (χ2n) is 5.67. The van der Waals surface area contributed by atoms with Crippen LogP contribution in [0.25, 0.3) is 0 Å². The second kappa shape index (κ2) is 5.40. The quantitative estimate of drug-likeness (QED) is 0.922. The van der Waals surface area contributed by atoms with Gasteiger partial charge in [0, 0.05) is 0 Å². The van der Waals surface area contributed by atoms with Crippen molar-refractivity contribution in [2.24, 2.45) is 5.73 Å².